The summed E-state index contributed by atoms with van der Waals surface area (Å²) in [5.74, 6) is -1.65. The van der Waals surface area contributed by atoms with Crippen LogP contribution >= 0.6 is 0 Å². The molecule has 1 N–H and O–H groups in total. The first-order valence-electron chi connectivity index (χ1n) is 8.15. The minimum Gasteiger partial charge on any atom is -0.488 e. The SMILES string of the molecule is O=C(Nc1ccc(F)c([N+](=O)[O-])c1)c1ccccc1OCc1ccc(F)cc1. The fraction of sp³-hybridized carbons (Fsp3) is 0.0500. The highest BCUT2D eigenvalue weighted by Gasteiger charge is 2.17. The van der Waals surface area contributed by atoms with Crippen molar-refractivity contribution in [1.82, 2.24) is 0 Å². The van der Waals surface area contributed by atoms with E-state index in [4.69, 9.17) is 4.74 Å². The first kappa shape index (κ1) is 19.0. The Hall–Kier alpha value is -3.81. The van der Waals surface area contributed by atoms with Gasteiger partial charge in [-0.2, -0.15) is 4.39 Å². The lowest BCUT2D eigenvalue weighted by atomic mass is 10.1. The van der Waals surface area contributed by atoms with Crippen molar-refractivity contribution in [2.75, 3.05) is 5.32 Å². The number of carbonyl (C=O) groups is 1. The fourth-order valence-corrected chi connectivity index (χ4v) is 2.45. The molecule has 3 aromatic carbocycles. The second kappa shape index (κ2) is 8.26. The molecule has 0 saturated heterocycles. The highest BCUT2D eigenvalue weighted by Crippen LogP contribution is 2.24. The number of hydrogen-bond acceptors (Lipinski definition) is 4. The molecule has 0 aromatic heterocycles. The molecule has 3 rings (SSSR count). The third kappa shape index (κ3) is 4.47. The monoisotopic (exact) mass is 384 g/mol. The summed E-state index contributed by atoms with van der Waals surface area (Å²) in [5.41, 5.74) is 0.243. The van der Waals surface area contributed by atoms with E-state index in [2.05, 4.69) is 5.32 Å². The van der Waals surface area contributed by atoms with Crippen molar-refractivity contribution in [3.05, 3.63) is 99.6 Å². The van der Waals surface area contributed by atoms with Crippen LogP contribution in [-0.2, 0) is 6.61 Å². The molecule has 28 heavy (non-hydrogen) atoms. The zero-order chi connectivity index (χ0) is 20.1. The van der Waals surface area contributed by atoms with Crippen LogP contribution in [0.3, 0.4) is 0 Å². The van der Waals surface area contributed by atoms with Crippen molar-refractivity contribution in [3.63, 3.8) is 0 Å². The number of halogens is 2. The van der Waals surface area contributed by atoms with Gasteiger partial charge in [-0.1, -0.05) is 24.3 Å². The Morgan fingerprint density at radius 1 is 1.04 bits per heavy atom. The first-order chi connectivity index (χ1) is 13.4. The van der Waals surface area contributed by atoms with Crippen molar-refractivity contribution in [1.29, 1.82) is 0 Å². The lowest BCUT2D eigenvalue weighted by Gasteiger charge is -2.12. The summed E-state index contributed by atoms with van der Waals surface area (Å²) in [6.07, 6.45) is 0. The molecule has 0 heterocycles. The number of nitrogens with zero attached hydrogens (tertiary/aromatic N) is 1. The molecule has 0 aliphatic carbocycles. The largest absolute Gasteiger partial charge is 0.488 e. The van der Waals surface area contributed by atoms with Gasteiger partial charge in [0.05, 0.1) is 10.5 Å². The van der Waals surface area contributed by atoms with E-state index in [1.807, 2.05) is 0 Å². The van der Waals surface area contributed by atoms with E-state index < -0.39 is 22.3 Å². The van der Waals surface area contributed by atoms with Crippen LogP contribution in [0.4, 0.5) is 20.2 Å². The normalized spacial score (nSPS) is 10.4. The summed E-state index contributed by atoms with van der Waals surface area (Å²) in [6, 6.07) is 15.2. The van der Waals surface area contributed by atoms with Gasteiger partial charge in [0, 0.05) is 11.8 Å². The Bertz CT molecular complexity index is 1020. The first-order valence-corrected chi connectivity index (χ1v) is 8.15. The number of nitro groups is 1. The van der Waals surface area contributed by atoms with Gasteiger partial charge in [0.1, 0.15) is 18.2 Å². The average Bonchev–Trinajstić information content (AvgIpc) is 2.69. The van der Waals surface area contributed by atoms with Gasteiger partial charge in [-0.25, -0.2) is 4.39 Å². The maximum atomic E-state index is 13.4. The van der Waals surface area contributed by atoms with Crippen molar-refractivity contribution in [2.24, 2.45) is 0 Å². The van der Waals surface area contributed by atoms with Crippen LogP contribution in [-0.4, -0.2) is 10.8 Å². The minimum absolute atomic E-state index is 0.0754. The molecule has 142 valence electrons. The fourth-order valence-electron chi connectivity index (χ4n) is 2.45. The number of ether oxygens (including phenoxy) is 1. The number of nitro benzene ring substituents is 1. The van der Waals surface area contributed by atoms with Crippen molar-refractivity contribution < 1.29 is 23.2 Å². The Morgan fingerprint density at radius 2 is 1.75 bits per heavy atom. The van der Waals surface area contributed by atoms with Crippen LogP contribution in [0.1, 0.15) is 15.9 Å². The predicted octanol–water partition coefficient (Wildman–Crippen LogP) is 4.70. The van der Waals surface area contributed by atoms with E-state index in [1.54, 1.807) is 30.3 Å². The van der Waals surface area contributed by atoms with Gasteiger partial charge in [-0.3, -0.25) is 14.9 Å². The summed E-state index contributed by atoms with van der Waals surface area (Å²) < 4.78 is 32.1. The number of amides is 1. The maximum absolute atomic E-state index is 13.4. The minimum atomic E-state index is -0.994. The van der Waals surface area contributed by atoms with E-state index >= 15 is 0 Å². The van der Waals surface area contributed by atoms with E-state index in [9.17, 15) is 23.7 Å². The summed E-state index contributed by atoms with van der Waals surface area (Å²) in [4.78, 5) is 22.5. The molecule has 0 fully saturated rings. The van der Waals surface area contributed by atoms with E-state index in [-0.39, 0.29) is 29.4 Å². The van der Waals surface area contributed by atoms with E-state index in [1.165, 1.54) is 24.3 Å². The summed E-state index contributed by atoms with van der Waals surface area (Å²) >= 11 is 0. The molecule has 8 heteroatoms. The van der Waals surface area contributed by atoms with Gasteiger partial charge in [-0.15, -0.1) is 0 Å². The molecule has 0 radical (unpaired) electrons. The number of carbonyl (C=O) groups excluding carboxylic acids is 1. The van der Waals surface area contributed by atoms with Gasteiger partial charge < -0.3 is 10.1 Å². The Labute approximate surface area is 158 Å². The molecule has 0 bridgehead atoms. The topological polar surface area (TPSA) is 81.5 Å². The summed E-state index contributed by atoms with van der Waals surface area (Å²) in [5, 5.41) is 13.3. The molecular weight excluding hydrogens is 370 g/mol. The highest BCUT2D eigenvalue weighted by atomic mass is 19.1. The van der Waals surface area contributed by atoms with Crippen LogP contribution in [0.25, 0.3) is 0 Å². The van der Waals surface area contributed by atoms with E-state index in [0.717, 1.165) is 12.1 Å². The number of para-hydroxylation sites is 1. The second-order valence-corrected chi connectivity index (χ2v) is 5.79. The van der Waals surface area contributed by atoms with Crippen LogP contribution in [0, 0.1) is 21.7 Å². The standard InChI is InChI=1S/C20H14F2N2O4/c21-14-7-5-13(6-8-14)12-28-19-4-2-1-3-16(19)20(25)23-15-9-10-17(22)18(11-15)24(26)27/h1-11H,12H2,(H,23,25). The van der Waals surface area contributed by atoms with Crippen LogP contribution in [0.5, 0.6) is 5.75 Å². The van der Waals surface area contributed by atoms with Gasteiger partial charge in [-0.05, 0) is 42.0 Å². The zero-order valence-corrected chi connectivity index (χ0v) is 14.4. The molecule has 0 aliphatic rings. The molecule has 0 spiro atoms. The van der Waals surface area contributed by atoms with Crippen LogP contribution in [0.2, 0.25) is 0 Å². The Balaban J connectivity index is 1.76. The predicted molar refractivity (Wildman–Crippen MR) is 98.2 cm³/mol. The third-order valence-corrected chi connectivity index (χ3v) is 3.84. The number of rotatable bonds is 6. The molecule has 3 aromatic rings. The lowest BCUT2D eigenvalue weighted by Crippen LogP contribution is -2.14. The quantitative estimate of drug-likeness (QED) is 0.493. The van der Waals surface area contributed by atoms with E-state index in [0.29, 0.717) is 5.56 Å². The summed E-state index contributed by atoms with van der Waals surface area (Å²) in [7, 11) is 0. The number of hydrogen-bond donors (Lipinski definition) is 1. The van der Waals surface area contributed by atoms with Gasteiger partial charge in [0.15, 0.2) is 0 Å². The number of benzene rings is 3. The summed E-state index contributed by atoms with van der Waals surface area (Å²) in [6.45, 7) is 0.118. The third-order valence-electron chi connectivity index (χ3n) is 3.84. The highest BCUT2D eigenvalue weighted by molar-refractivity contribution is 6.06. The molecular formula is C20H14F2N2O4. The Kier molecular flexibility index (Phi) is 5.59. The molecule has 0 atom stereocenters. The molecule has 1 amide bonds. The molecule has 0 aliphatic heterocycles. The molecule has 6 nitrogen and oxygen atoms in total. The average molecular weight is 384 g/mol. The smallest absolute Gasteiger partial charge is 0.306 e. The van der Waals surface area contributed by atoms with Gasteiger partial charge in [0.2, 0.25) is 5.82 Å². The van der Waals surface area contributed by atoms with Crippen molar-refractivity contribution in [3.8, 4) is 5.75 Å². The maximum Gasteiger partial charge on any atom is 0.306 e. The molecule has 0 saturated carbocycles. The van der Waals surface area contributed by atoms with Gasteiger partial charge in [0.25, 0.3) is 5.91 Å². The van der Waals surface area contributed by atoms with Gasteiger partial charge >= 0.3 is 5.69 Å². The Morgan fingerprint density at radius 3 is 2.46 bits per heavy atom. The number of anilines is 1. The lowest BCUT2D eigenvalue weighted by molar-refractivity contribution is -0.387. The van der Waals surface area contributed by atoms with Crippen molar-refractivity contribution >= 4 is 17.3 Å². The van der Waals surface area contributed by atoms with Crippen LogP contribution < -0.4 is 10.1 Å². The van der Waals surface area contributed by atoms with Crippen molar-refractivity contribution in [2.45, 2.75) is 6.61 Å². The van der Waals surface area contributed by atoms with Crippen LogP contribution in [0.15, 0.2) is 66.7 Å². The second-order valence-electron chi connectivity index (χ2n) is 5.79. The zero-order valence-electron chi connectivity index (χ0n) is 14.4. The number of nitrogens with one attached hydrogen (secondary N) is 1. The molecule has 0 unspecified atom stereocenters.